The highest BCUT2D eigenvalue weighted by atomic mass is 16.5. The van der Waals surface area contributed by atoms with Crippen LogP contribution in [0.3, 0.4) is 0 Å². The second-order valence-electron chi connectivity index (χ2n) is 6.35. The Labute approximate surface area is 164 Å². The van der Waals surface area contributed by atoms with Gasteiger partial charge in [-0.2, -0.15) is 0 Å². The smallest absolute Gasteiger partial charge is 0.319 e. The summed E-state index contributed by atoms with van der Waals surface area (Å²) in [6, 6.07) is 20.6. The summed E-state index contributed by atoms with van der Waals surface area (Å²) in [5.41, 5.74) is 2.88. The highest BCUT2D eigenvalue weighted by molar-refractivity contribution is 5.89. The van der Waals surface area contributed by atoms with Crippen LogP contribution < -0.4 is 10.6 Å². The molecule has 0 fully saturated rings. The minimum absolute atomic E-state index is 0.0572. The van der Waals surface area contributed by atoms with Crippen LogP contribution in [0.5, 0.6) is 0 Å². The molecule has 0 aliphatic heterocycles. The Morgan fingerprint density at radius 2 is 1.86 bits per heavy atom. The number of carbonyl (C=O) groups excluding carboxylic acids is 1. The van der Waals surface area contributed by atoms with Crippen molar-refractivity contribution in [3.8, 4) is 0 Å². The van der Waals surface area contributed by atoms with Gasteiger partial charge in [-0.15, -0.1) is 0 Å². The van der Waals surface area contributed by atoms with Gasteiger partial charge in [0.05, 0.1) is 26.0 Å². The fraction of sp³-hybridized carbons (Fsp3) is 0.227. The van der Waals surface area contributed by atoms with Crippen LogP contribution >= 0.6 is 0 Å². The first kappa shape index (κ1) is 19.7. The molecule has 3 rings (SSSR count). The minimum Gasteiger partial charge on any atom is -0.467 e. The van der Waals surface area contributed by atoms with Crippen LogP contribution in [0.2, 0.25) is 0 Å². The molecule has 0 saturated heterocycles. The second kappa shape index (κ2) is 10.3. The lowest BCUT2D eigenvalue weighted by atomic mass is 10.2. The molecule has 3 aromatic rings. The van der Waals surface area contributed by atoms with Crippen molar-refractivity contribution in [2.24, 2.45) is 0 Å². The highest BCUT2D eigenvalue weighted by Crippen LogP contribution is 2.13. The van der Waals surface area contributed by atoms with E-state index in [-0.39, 0.29) is 6.54 Å². The molecule has 2 aromatic carbocycles. The first-order valence-electron chi connectivity index (χ1n) is 9.17. The Morgan fingerprint density at radius 3 is 2.64 bits per heavy atom. The molecule has 0 bridgehead atoms. The van der Waals surface area contributed by atoms with Crippen molar-refractivity contribution in [3.63, 3.8) is 0 Å². The number of amides is 2. The lowest BCUT2D eigenvalue weighted by molar-refractivity contribution is 0.124. The number of hydrogen-bond donors (Lipinski definition) is 3. The topological polar surface area (TPSA) is 83.7 Å². The van der Waals surface area contributed by atoms with E-state index in [4.69, 9.17) is 9.15 Å². The summed E-state index contributed by atoms with van der Waals surface area (Å²) in [5.74, 6) is 0.412. The fourth-order valence-corrected chi connectivity index (χ4v) is 2.71. The maximum Gasteiger partial charge on any atom is 0.319 e. The zero-order valence-corrected chi connectivity index (χ0v) is 15.5. The van der Waals surface area contributed by atoms with Crippen LogP contribution in [-0.2, 0) is 17.8 Å². The van der Waals surface area contributed by atoms with Crippen LogP contribution in [0.4, 0.5) is 10.5 Å². The molecule has 0 aliphatic rings. The van der Waals surface area contributed by atoms with Crippen LogP contribution in [0.25, 0.3) is 0 Å². The monoisotopic (exact) mass is 380 g/mol. The lowest BCUT2D eigenvalue weighted by Gasteiger charge is -2.11. The molecule has 0 aliphatic carbocycles. The summed E-state index contributed by atoms with van der Waals surface area (Å²) in [7, 11) is 0. The predicted molar refractivity (Wildman–Crippen MR) is 107 cm³/mol. The third kappa shape index (κ3) is 6.26. The Hall–Kier alpha value is -3.09. The molecule has 1 aromatic heterocycles. The van der Waals surface area contributed by atoms with Crippen molar-refractivity contribution < 1.29 is 19.1 Å². The molecule has 0 saturated carbocycles. The number of urea groups is 1. The van der Waals surface area contributed by atoms with Crippen LogP contribution in [-0.4, -0.2) is 24.3 Å². The van der Waals surface area contributed by atoms with Crippen molar-refractivity contribution in [3.05, 3.63) is 89.9 Å². The number of hydrogen-bond acceptors (Lipinski definition) is 4. The number of carbonyl (C=O) groups is 1. The summed E-state index contributed by atoms with van der Waals surface area (Å²) in [5, 5.41) is 15.3. The van der Waals surface area contributed by atoms with Gasteiger partial charge in [0.25, 0.3) is 0 Å². The summed E-state index contributed by atoms with van der Waals surface area (Å²) < 4.78 is 10.8. The largest absolute Gasteiger partial charge is 0.467 e. The first-order valence-corrected chi connectivity index (χ1v) is 9.17. The van der Waals surface area contributed by atoms with E-state index in [1.165, 1.54) is 11.8 Å². The third-order valence-electron chi connectivity index (χ3n) is 4.16. The van der Waals surface area contributed by atoms with Gasteiger partial charge in [-0.3, -0.25) is 0 Å². The SMILES string of the molecule is O=C(NCC(O)c1ccco1)Nc1cccc(COCCc2ccccc2)c1. The molecular formula is C22H24N2O4. The summed E-state index contributed by atoms with van der Waals surface area (Å²) in [4.78, 5) is 12.0. The number of benzene rings is 2. The van der Waals surface area contributed by atoms with E-state index in [9.17, 15) is 9.90 Å². The van der Waals surface area contributed by atoms with E-state index in [1.54, 1.807) is 18.2 Å². The van der Waals surface area contributed by atoms with Gasteiger partial charge < -0.3 is 24.9 Å². The predicted octanol–water partition coefficient (Wildman–Crippen LogP) is 3.89. The van der Waals surface area contributed by atoms with Crippen LogP contribution in [0.15, 0.2) is 77.4 Å². The van der Waals surface area contributed by atoms with E-state index in [0.717, 1.165) is 12.0 Å². The van der Waals surface area contributed by atoms with Crippen molar-refractivity contribution >= 4 is 11.7 Å². The number of nitrogens with one attached hydrogen (secondary N) is 2. The van der Waals surface area contributed by atoms with E-state index in [1.807, 2.05) is 36.4 Å². The molecule has 3 N–H and O–H groups in total. The molecule has 1 heterocycles. The van der Waals surface area contributed by atoms with Gasteiger partial charge >= 0.3 is 6.03 Å². The zero-order valence-electron chi connectivity index (χ0n) is 15.5. The molecule has 2 amide bonds. The number of aliphatic hydroxyl groups is 1. The molecule has 0 radical (unpaired) electrons. The zero-order chi connectivity index (χ0) is 19.6. The van der Waals surface area contributed by atoms with Gasteiger partial charge in [-0.1, -0.05) is 42.5 Å². The molecule has 1 unspecified atom stereocenters. The molecule has 1 atom stereocenters. The van der Waals surface area contributed by atoms with Gasteiger partial charge in [0.1, 0.15) is 11.9 Å². The quantitative estimate of drug-likeness (QED) is 0.492. The standard InChI is InChI=1S/C22H24N2O4/c25-20(21-10-5-12-28-21)15-23-22(26)24-19-9-4-8-18(14-19)16-27-13-11-17-6-2-1-3-7-17/h1-10,12,14,20,25H,11,13,15-16H2,(H2,23,24,26). The summed E-state index contributed by atoms with van der Waals surface area (Å²) in [6.45, 7) is 1.16. The highest BCUT2D eigenvalue weighted by Gasteiger charge is 2.11. The number of anilines is 1. The van der Waals surface area contributed by atoms with E-state index in [2.05, 4.69) is 22.8 Å². The number of rotatable bonds is 9. The average Bonchev–Trinajstić information content (AvgIpc) is 3.26. The maximum absolute atomic E-state index is 12.0. The van der Waals surface area contributed by atoms with Crippen molar-refractivity contribution in [1.82, 2.24) is 5.32 Å². The Kier molecular flexibility index (Phi) is 7.23. The van der Waals surface area contributed by atoms with Gasteiger partial charge in [0, 0.05) is 5.69 Å². The van der Waals surface area contributed by atoms with Crippen molar-refractivity contribution in [2.75, 3.05) is 18.5 Å². The molecule has 146 valence electrons. The molecule has 6 nitrogen and oxygen atoms in total. The lowest BCUT2D eigenvalue weighted by Crippen LogP contribution is -2.32. The van der Waals surface area contributed by atoms with Gasteiger partial charge in [0.15, 0.2) is 0 Å². The molecule has 0 spiro atoms. The number of aliphatic hydroxyl groups excluding tert-OH is 1. The van der Waals surface area contributed by atoms with Crippen molar-refractivity contribution in [2.45, 2.75) is 19.1 Å². The van der Waals surface area contributed by atoms with Gasteiger partial charge in [-0.05, 0) is 41.8 Å². The summed E-state index contributed by atoms with van der Waals surface area (Å²) in [6.07, 6.45) is 1.45. The van der Waals surface area contributed by atoms with E-state index < -0.39 is 12.1 Å². The molecular weight excluding hydrogens is 356 g/mol. The van der Waals surface area contributed by atoms with Gasteiger partial charge in [0.2, 0.25) is 0 Å². The fourth-order valence-electron chi connectivity index (χ4n) is 2.71. The van der Waals surface area contributed by atoms with Crippen LogP contribution in [0, 0.1) is 0 Å². The maximum atomic E-state index is 12.0. The second-order valence-corrected chi connectivity index (χ2v) is 6.35. The average molecular weight is 380 g/mol. The van der Waals surface area contributed by atoms with E-state index in [0.29, 0.717) is 24.7 Å². The van der Waals surface area contributed by atoms with Crippen molar-refractivity contribution in [1.29, 1.82) is 0 Å². The van der Waals surface area contributed by atoms with E-state index >= 15 is 0 Å². The minimum atomic E-state index is -0.884. The molecule has 28 heavy (non-hydrogen) atoms. The van der Waals surface area contributed by atoms with Gasteiger partial charge in [-0.25, -0.2) is 4.79 Å². The Morgan fingerprint density at radius 1 is 1.04 bits per heavy atom. The van der Waals surface area contributed by atoms with Crippen LogP contribution in [0.1, 0.15) is 23.0 Å². The Bertz CT molecular complexity index is 850. The number of furan rings is 1. The number of ether oxygens (including phenoxy) is 1. The Balaban J connectivity index is 1.40. The molecule has 6 heteroatoms. The first-order chi connectivity index (χ1) is 13.7. The summed E-state index contributed by atoms with van der Waals surface area (Å²) >= 11 is 0. The third-order valence-corrected chi connectivity index (χ3v) is 4.16. The normalized spacial score (nSPS) is 11.8.